The van der Waals surface area contributed by atoms with Crippen molar-refractivity contribution in [3.63, 3.8) is 0 Å². The second kappa shape index (κ2) is 5.81. The van der Waals surface area contributed by atoms with E-state index >= 15 is 0 Å². The van der Waals surface area contributed by atoms with E-state index in [-0.39, 0.29) is 18.1 Å². The maximum Gasteiger partial charge on any atom is 0.276 e. The van der Waals surface area contributed by atoms with Gasteiger partial charge in [-0.05, 0) is 57.4 Å². The Hall–Kier alpha value is -2.14. The molecule has 0 atom stereocenters. The number of hydrogen-bond donors (Lipinski definition) is 2. The van der Waals surface area contributed by atoms with E-state index in [0.29, 0.717) is 17.3 Å². The lowest BCUT2D eigenvalue weighted by atomic mass is 10.1. The molecule has 1 aromatic heterocycles. The minimum atomic E-state index is -0.218. The van der Waals surface area contributed by atoms with Gasteiger partial charge in [0.25, 0.3) is 5.91 Å². The van der Waals surface area contributed by atoms with Crippen molar-refractivity contribution < 1.29 is 9.90 Å². The summed E-state index contributed by atoms with van der Waals surface area (Å²) in [5.74, 6) is 0.311. The molecule has 122 valence electrons. The molecule has 1 fully saturated rings. The number of aromatic nitrogens is 2. The predicted molar refractivity (Wildman–Crippen MR) is 89.5 cm³/mol. The summed E-state index contributed by atoms with van der Waals surface area (Å²) in [6, 6.07) is 9.11. The third kappa shape index (κ3) is 3.45. The largest absolute Gasteiger partial charge is 0.392 e. The molecule has 1 saturated carbocycles. The first-order valence-electron chi connectivity index (χ1n) is 8.00. The van der Waals surface area contributed by atoms with Crippen LogP contribution in [0.1, 0.15) is 61.3 Å². The summed E-state index contributed by atoms with van der Waals surface area (Å²) in [5.41, 5.74) is 2.87. The van der Waals surface area contributed by atoms with Gasteiger partial charge in [-0.2, -0.15) is 5.10 Å². The molecular formula is C18H23N3O2. The number of nitrogens with zero attached hydrogens (tertiary/aromatic N) is 2. The van der Waals surface area contributed by atoms with E-state index in [1.807, 2.05) is 22.9 Å². The number of benzene rings is 1. The van der Waals surface area contributed by atoms with Gasteiger partial charge in [0.1, 0.15) is 0 Å². The van der Waals surface area contributed by atoms with E-state index in [2.05, 4.69) is 31.2 Å². The van der Waals surface area contributed by atoms with Crippen LogP contribution in [0.15, 0.2) is 30.3 Å². The van der Waals surface area contributed by atoms with Gasteiger partial charge in [0.05, 0.1) is 12.1 Å². The molecule has 5 heteroatoms. The van der Waals surface area contributed by atoms with Crippen LogP contribution in [0.3, 0.4) is 0 Å². The standard InChI is InChI=1S/C18H23N3O2/c1-18(2,3)21-16(13-7-8-13)10-15(20-21)17(23)19-14-6-4-5-12(9-14)11-22/h4-6,9-10,13,22H,7-8,11H2,1-3H3,(H,19,23). The van der Waals surface area contributed by atoms with Gasteiger partial charge in [0, 0.05) is 17.3 Å². The predicted octanol–water partition coefficient (Wildman–Crippen LogP) is 3.26. The average Bonchev–Trinajstić information content (AvgIpc) is 3.24. The van der Waals surface area contributed by atoms with E-state index < -0.39 is 0 Å². The Morgan fingerprint density at radius 3 is 2.70 bits per heavy atom. The number of amides is 1. The summed E-state index contributed by atoms with van der Waals surface area (Å²) in [7, 11) is 0. The number of aliphatic hydroxyl groups excluding tert-OH is 1. The Balaban J connectivity index is 1.84. The molecule has 0 radical (unpaired) electrons. The molecule has 1 aliphatic rings. The van der Waals surface area contributed by atoms with Crippen molar-refractivity contribution >= 4 is 11.6 Å². The fourth-order valence-corrected chi connectivity index (χ4v) is 2.66. The second-order valence-electron chi connectivity index (χ2n) is 7.12. The van der Waals surface area contributed by atoms with Crippen LogP contribution in [0.5, 0.6) is 0 Å². The topological polar surface area (TPSA) is 67.2 Å². The van der Waals surface area contributed by atoms with Gasteiger partial charge in [0.15, 0.2) is 5.69 Å². The molecule has 1 aromatic carbocycles. The van der Waals surface area contributed by atoms with Gasteiger partial charge in [-0.25, -0.2) is 0 Å². The smallest absolute Gasteiger partial charge is 0.276 e. The van der Waals surface area contributed by atoms with Crippen molar-refractivity contribution in [1.82, 2.24) is 9.78 Å². The van der Waals surface area contributed by atoms with Gasteiger partial charge < -0.3 is 10.4 Å². The third-order valence-electron chi connectivity index (χ3n) is 3.97. The zero-order chi connectivity index (χ0) is 16.6. The lowest BCUT2D eigenvalue weighted by Gasteiger charge is -2.22. The van der Waals surface area contributed by atoms with Crippen LogP contribution in [0.4, 0.5) is 5.69 Å². The van der Waals surface area contributed by atoms with E-state index in [1.54, 1.807) is 12.1 Å². The molecule has 1 aliphatic carbocycles. The van der Waals surface area contributed by atoms with Crippen LogP contribution in [-0.4, -0.2) is 20.8 Å². The van der Waals surface area contributed by atoms with E-state index in [0.717, 1.165) is 11.3 Å². The maximum absolute atomic E-state index is 12.5. The molecule has 23 heavy (non-hydrogen) atoms. The van der Waals surface area contributed by atoms with E-state index in [4.69, 9.17) is 0 Å². The second-order valence-corrected chi connectivity index (χ2v) is 7.12. The van der Waals surface area contributed by atoms with Gasteiger partial charge in [-0.3, -0.25) is 9.48 Å². The highest BCUT2D eigenvalue weighted by Crippen LogP contribution is 2.41. The molecule has 0 saturated heterocycles. The normalized spacial score (nSPS) is 14.8. The molecule has 0 spiro atoms. The summed E-state index contributed by atoms with van der Waals surface area (Å²) >= 11 is 0. The van der Waals surface area contributed by atoms with Crippen LogP contribution in [0.25, 0.3) is 0 Å². The Bertz CT molecular complexity index is 724. The van der Waals surface area contributed by atoms with Crippen LogP contribution in [-0.2, 0) is 12.1 Å². The molecule has 1 amide bonds. The summed E-state index contributed by atoms with van der Waals surface area (Å²) in [6.45, 7) is 6.24. The maximum atomic E-state index is 12.5. The van der Waals surface area contributed by atoms with Crippen molar-refractivity contribution in [2.75, 3.05) is 5.32 Å². The monoisotopic (exact) mass is 313 g/mol. The number of nitrogens with one attached hydrogen (secondary N) is 1. The highest BCUT2D eigenvalue weighted by Gasteiger charge is 2.32. The van der Waals surface area contributed by atoms with Crippen molar-refractivity contribution in [2.24, 2.45) is 0 Å². The van der Waals surface area contributed by atoms with Gasteiger partial charge in [-0.1, -0.05) is 12.1 Å². The van der Waals surface area contributed by atoms with E-state index in [9.17, 15) is 9.90 Å². The number of aliphatic hydroxyl groups is 1. The fourth-order valence-electron chi connectivity index (χ4n) is 2.66. The van der Waals surface area contributed by atoms with Crippen LogP contribution >= 0.6 is 0 Å². The quantitative estimate of drug-likeness (QED) is 0.910. The van der Waals surface area contributed by atoms with Crippen molar-refractivity contribution in [3.05, 3.63) is 47.3 Å². The zero-order valence-electron chi connectivity index (χ0n) is 13.8. The van der Waals surface area contributed by atoms with Gasteiger partial charge in [-0.15, -0.1) is 0 Å². The molecule has 5 nitrogen and oxygen atoms in total. The Morgan fingerprint density at radius 2 is 2.09 bits per heavy atom. The molecular weight excluding hydrogens is 290 g/mol. The number of anilines is 1. The van der Waals surface area contributed by atoms with Gasteiger partial charge in [0.2, 0.25) is 0 Å². The summed E-state index contributed by atoms with van der Waals surface area (Å²) in [5, 5.41) is 16.6. The summed E-state index contributed by atoms with van der Waals surface area (Å²) in [6.07, 6.45) is 2.34. The molecule has 2 N–H and O–H groups in total. The third-order valence-corrected chi connectivity index (χ3v) is 3.97. The highest BCUT2D eigenvalue weighted by molar-refractivity contribution is 6.03. The number of hydrogen-bond acceptors (Lipinski definition) is 3. The first-order chi connectivity index (χ1) is 10.9. The Labute approximate surface area is 136 Å². The van der Waals surface area contributed by atoms with Gasteiger partial charge >= 0.3 is 0 Å². The van der Waals surface area contributed by atoms with E-state index in [1.165, 1.54) is 12.8 Å². The van der Waals surface area contributed by atoms with Crippen molar-refractivity contribution in [1.29, 1.82) is 0 Å². The SMILES string of the molecule is CC(C)(C)n1nc(C(=O)Nc2cccc(CO)c2)cc1C1CC1. The molecule has 3 rings (SSSR count). The highest BCUT2D eigenvalue weighted by atomic mass is 16.3. The number of rotatable bonds is 4. The molecule has 0 aliphatic heterocycles. The summed E-state index contributed by atoms with van der Waals surface area (Å²) in [4.78, 5) is 12.5. The minimum absolute atomic E-state index is 0.0474. The van der Waals surface area contributed by atoms with Crippen molar-refractivity contribution in [2.45, 2.75) is 51.7 Å². The average molecular weight is 313 g/mol. The number of carbonyl (C=O) groups is 1. The molecule has 1 heterocycles. The van der Waals surface area contributed by atoms with Crippen LogP contribution in [0, 0.1) is 0 Å². The molecule has 0 bridgehead atoms. The Morgan fingerprint density at radius 1 is 1.35 bits per heavy atom. The summed E-state index contributed by atoms with van der Waals surface area (Å²) < 4.78 is 1.98. The van der Waals surface area contributed by atoms with Crippen LogP contribution < -0.4 is 5.32 Å². The van der Waals surface area contributed by atoms with Crippen LogP contribution in [0.2, 0.25) is 0 Å². The van der Waals surface area contributed by atoms with Crippen molar-refractivity contribution in [3.8, 4) is 0 Å². The molecule has 0 unspecified atom stereocenters. The zero-order valence-corrected chi connectivity index (χ0v) is 13.8. The fraction of sp³-hybridized carbons (Fsp3) is 0.444. The lowest BCUT2D eigenvalue weighted by molar-refractivity contribution is 0.102. The Kier molecular flexibility index (Phi) is 3.98. The minimum Gasteiger partial charge on any atom is -0.392 e. The lowest BCUT2D eigenvalue weighted by Crippen LogP contribution is -2.25. The number of carbonyl (C=O) groups excluding carboxylic acids is 1. The molecule has 2 aromatic rings. The first-order valence-corrected chi connectivity index (χ1v) is 8.00. The first kappa shape index (κ1) is 15.7.